The van der Waals surface area contributed by atoms with Gasteiger partial charge in [-0.25, -0.2) is 12.8 Å². The number of nitrogens with zero attached hydrogens (tertiary/aromatic N) is 2. The van der Waals surface area contributed by atoms with Crippen LogP contribution < -0.4 is 9.62 Å². The number of halogens is 3. The zero-order chi connectivity index (χ0) is 31.0. The molecule has 0 saturated heterocycles. The number of nitrogens with one attached hydrogen (secondary N) is 1. The maximum atomic E-state index is 15.1. The van der Waals surface area contributed by atoms with E-state index in [4.69, 9.17) is 23.2 Å². The minimum absolute atomic E-state index is 0.122. The fourth-order valence-corrected chi connectivity index (χ4v) is 6.48. The first-order valence-electron chi connectivity index (χ1n) is 13.5. The zero-order valence-electron chi connectivity index (χ0n) is 23.3. The van der Waals surface area contributed by atoms with E-state index in [0.29, 0.717) is 17.1 Å². The van der Waals surface area contributed by atoms with Crippen molar-refractivity contribution in [3.05, 3.63) is 130 Å². The molecule has 7 nitrogen and oxygen atoms in total. The molecular weight excluding hydrogens is 612 g/mol. The Bertz CT molecular complexity index is 1670. The molecule has 4 aromatic rings. The van der Waals surface area contributed by atoms with Gasteiger partial charge >= 0.3 is 0 Å². The van der Waals surface area contributed by atoms with Gasteiger partial charge in [-0.05, 0) is 54.4 Å². The highest BCUT2D eigenvalue weighted by molar-refractivity contribution is 7.92. The molecule has 2 amide bonds. The van der Waals surface area contributed by atoms with Gasteiger partial charge in [-0.1, -0.05) is 89.9 Å². The van der Waals surface area contributed by atoms with Crippen molar-refractivity contribution >= 4 is 50.7 Å². The van der Waals surface area contributed by atoms with Crippen molar-refractivity contribution in [2.24, 2.45) is 0 Å². The minimum atomic E-state index is -4.41. The summed E-state index contributed by atoms with van der Waals surface area (Å²) in [6.07, 6.45) is 0.134. The van der Waals surface area contributed by atoms with Crippen molar-refractivity contribution in [3.8, 4) is 0 Å². The third-order valence-electron chi connectivity index (χ3n) is 6.71. The van der Waals surface area contributed by atoms with Gasteiger partial charge in [-0.2, -0.15) is 0 Å². The summed E-state index contributed by atoms with van der Waals surface area (Å²) in [6.45, 7) is 1.14. The van der Waals surface area contributed by atoms with Gasteiger partial charge in [0.15, 0.2) is 0 Å². The van der Waals surface area contributed by atoms with Crippen LogP contribution in [-0.2, 0) is 32.6 Å². The minimum Gasteiger partial charge on any atom is -0.355 e. The molecule has 43 heavy (non-hydrogen) atoms. The van der Waals surface area contributed by atoms with E-state index in [1.165, 1.54) is 53.4 Å². The SMILES string of the molecule is CCNC(=O)[C@@H](Cc1ccccc1)N(Cc1ccc(Cl)cc1Cl)C(=O)CN(c1ccccc1F)S(=O)(=O)c1ccccc1. The monoisotopic (exact) mass is 641 g/mol. The smallest absolute Gasteiger partial charge is 0.264 e. The summed E-state index contributed by atoms with van der Waals surface area (Å²) < 4.78 is 43.6. The topological polar surface area (TPSA) is 86.8 Å². The summed E-state index contributed by atoms with van der Waals surface area (Å²) in [5.41, 5.74) is 0.966. The quantitative estimate of drug-likeness (QED) is 0.202. The number of para-hydroxylation sites is 1. The Balaban J connectivity index is 1.82. The van der Waals surface area contributed by atoms with Gasteiger partial charge in [-0.15, -0.1) is 0 Å². The molecule has 0 bridgehead atoms. The molecule has 1 atom stereocenters. The fraction of sp³-hybridized carbons (Fsp3) is 0.188. The third kappa shape index (κ3) is 7.93. The van der Waals surface area contributed by atoms with Crippen LogP contribution in [0.2, 0.25) is 10.0 Å². The van der Waals surface area contributed by atoms with Crippen LogP contribution in [-0.4, -0.2) is 44.3 Å². The van der Waals surface area contributed by atoms with Crippen LogP contribution >= 0.6 is 23.2 Å². The molecule has 0 aliphatic rings. The van der Waals surface area contributed by atoms with E-state index in [1.807, 2.05) is 30.3 Å². The largest absolute Gasteiger partial charge is 0.355 e. The number of hydrogen-bond acceptors (Lipinski definition) is 4. The summed E-state index contributed by atoms with van der Waals surface area (Å²) in [4.78, 5) is 28.9. The standard InChI is InChI=1S/C32H30Cl2FN3O4S/c1-2-36-32(40)30(19-23-11-5-3-6-12-23)37(21-24-17-18-25(33)20-27(24)34)31(39)22-38(29-16-10-9-15-28(29)35)43(41,42)26-13-7-4-8-14-26/h3-18,20,30H,2,19,21-22H2,1H3,(H,36,40)/t30-/m1/s1. The first kappa shape index (κ1) is 32.0. The summed E-state index contributed by atoms with van der Waals surface area (Å²) >= 11 is 12.6. The number of benzene rings is 4. The molecule has 0 saturated carbocycles. The molecule has 4 aromatic carbocycles. The van der Waals surface area contributed by atoms with E-state index in [9.17, 15) is 18.0 Å². The molecular formula is C32H30Cl2FN3O4S. The second-order valence-corrected chi connectivity index (χ2v) is 12.3. The maximum Gasteiger partial charge on any atom is 0.264 e. The van der Waals surface area contributed by atoms with Crippen molar-refractivity contribution < 1.29 is 22.4 Å². The zero-order valence-corrected chi connectivity index (χ0v) is 25.6. The molecule has 0 fully saturated rings. The van der Waals surface area contributed by atoms with Gasteiger partial charge in [0.25, 0.3) is 10.0 Å². The molecule has 0 radical (unpaired) electrons. The highest BCUT2D eigenvalue weighted by atomic mass is 35.5. The number of amides is 2. The molecule has 0 aromatic heterocycles. The summed E-state index contributed by atoms with van der Waals surface area (Å²) in [5, 5.41) is 3.43. The van der Waals surface area contributed by atoms with Crippen LogP contribution in [0.25, 0.3) is 0 Å². The van der Waals surface area contributed by atoms with Gasteiger partial charge in [0.1, 0.15) is 18.4 Å². The molecule has 0 aliphatic carbocycles. The normalized spacial score (nSPS) is 11.9. The molecule has 4 rings (SSSR count). The van der Waals surface area contributed by atoms with Crippen LogP contribution in [0.3, 0.4) is 0 Å². The Morgan fingerprint density at radius 1 is 0.884 bits per heavy atom. The second kappa shape index (κ2) is 14.5. The average Bonchev–Trinajstić information content (AvgIpc) is 3.00. The van der Waals surface area contributed by atoms with Crippen molar-refractivity contribution in [3.63, 3.8) is 0 Å². The van der Waals surface area contributed by atoms with E-state index in [0.717, 1.165) is 15.9 Å². The predicted molar refractivity (Wildman–Crippen MR) is 167 cm³/mol. The first-order chi connectivity index (χ1) is 20.6. The van der Waals surface area contributed by atoms with E-state index >= 15 is 4.39 Å². The fourth-order valence-electron chi connectivity index (χ4n) is 4.57. The first-order valence-corrected chi connectivity index (χ1v) is 15.7. The Morgan fingerprint density at radius 3 is 2.14 bits per heavy atom. The third-order valence-corrected chi connectivity index (χ3v) is 9.07. The molecule has 11 heteroatoms. The van der Waals surface area contributed by atoms with Crippen LogP contribution in [0.4, 0.5) is 10.1 Å². The van der Waals surface area contributed by atoms with Gasteiger partial charge < -0.3 is 10.2 Å². The number of rotatable bonds is 12. The van der Waals surface area contributed by atoms with E-state index < -0.39 is 40.2 Å². The van der Waals surface area contributed by atoms with E-state index in [2.05, 4.69) is 5.32 Å². The van der Waals surface area contributed by atoms with E-state index in [1.54, 1.807) is 25.1 Å². The van der Waals surface area contributed by atoms with Crippen LogP contribution in [0.5, 0.6) is 0 Å². The van der Waals surface area contributed by atoms with Crippen molar-refractivity contribution in [2.75, 3.05) is 17.4 Å². The summed E-state index contributed by atoms with van der Waals surface area (Å²) in [7, 11) is -4.41. The Morgan fingerprint density at radius 2 is 1.51 bits per heavy atom. The lowest BCUT2D eigenvalue weighted by Crippen LogP contribution is -2.53. The van der Waals surface area contributed by atoms with Gasteiger partial charge in [0.2, 0.25) is 11.8 Å². The Labute approximate surface area is 260 Å². The molecule has 224 valence electrons. The number of likely N-dealkylation sites (N-methyl/N-ethyl adjacent to an activating group) is 1. The lowest BCUT2D eigenvalue weighted by molar-refractivity contribution is -0.140. The average molecular weight is 643 g/mol. The van der Waals surface area contributed by atoms with Gasteiger partial charge in [-0.3, -0.25) is 13.9 Å². The highest BCUT2D eigenvalue weighted by Crippen LogP contribution is 2.28. The van der Waals surface area contributed by atoms with E-state index in [-0.39, 0.29) is 28.6 Å². The maximum absolute atomic E-state index is 15.1. The second-order valence-electron chi connectivity index (χ2n) is 9.63. The number of carbonyl (C=O) groups excluding carboxylic acids is 2. The molecule has 0 heterocycles. The number of carbonyl (C=O) groups is 2. The van der Waals surface area contributed by atoms with Gasteiger partial charge in [0.05, 0.1) is 10.6 Å². The number of anilines is 1. The summed E-state index contributed by atoms with van der Waals surface area (Å²) in [6, 6.07) is 25.6. The lowest BCUT2D eigenvalue weighted by Gasteiger charge is -2.34. The van der Waals surface area contributed by atoms with Crippen molar-refractivity contribution in [2.45, 2.75) is 30.8 Å². The van der Waals surface area contributed by atoms with Crippen LogP contribution in [0.1, 0.15) is 18.1 Å². The molecule has 0 spiro atoms. The van der Waals surface area contributed by atoms with Crippen molar-refractivity contribution in [1.82, 2.24) is 10.2 Å². The lowest BCUT2D eigenvalue weighted by atomic mass is 10.0. The number of sulfonamides is 1. The van der Waals surface area contributed by atoms with Crippen LogP contribution in [0.15, 0.2) is 108 Å². The molecule has 1 N–H and O–H groups in total. The summed E-state index contributed by atoms with van der Waals surface area (Å²) in [5.74, 6) is -2.00. The highest BCUT2D eigenvalue weighted by Gasteiger charge is 2.35. The van der Waals surface area contributed by atoms with Crippen molar-refractivity contribution in [1.29, 1.82) is 0 Å². The van der Waals surface area contributed by atoms with Crippen LogP contribution in [0, 0.1) is 5.82 Å². The predicted octanol–water partition coefficient (Wildman–Crippen LogP) is 6.10. The Hall–Kier alpha value is -3.92. The molecule has 0 aliphatic heterocycles. The number of hydrogen-bond donors (Lipinski definition) is 1. The molecule has 0 unspecified atom stereocenters. The van der Waals surface area contributed by atoms with Gasteiger partial charge in [0, 0.05) is 29.6 Å². The Kier molecular flexibility index (Phi) is 10.8.